The number of hydrogen-bond donors (Lipinski definition) is 3. The van der Waals surface area contributed by atoms with E-state index >= 15 is 0 Å². The number of pyridine rings is 2. The van der Waals surface area contributed by atoms with E-state index in [2.05, 4.69) is 20.2 Å². The van der Waals surface area contributed by atoms with Gasteiger partial charge in [-0.2, -0.15) is 13.2 Å². The SMILES string of the molecule is N=C(C(=O)Nc1ccc(C(F)(F)F)nc1)c1cc(-c2cncc(N3CCCCC3)c2)ccc1N. The number of rotatable bonds is 5. The number of amides is 1. The van der Waals surface area contributed by atoms with Crippen molar-refractivity contribution in [2.24, 2.45) is 0 Å². The molecule has 3 heterocycles. The van der Waals surface area contributed by atoms with Crippen molar-refractivity contribution in [1.82, 2.24) is 9.97 Å². The van der Waals surface area contributed by atoms with Crippen LogP contribution in [0.2, 0.25) is 0 Å². The lowest BCUT2D eigenvalue weighted by Gasteiger charge is -2.28. The van der Waals surface area contributed by atoms with Crippen LogP contribution in [0.1, 0.15) is 30.5 Å². The Morgan fingerprint density at radius 3 is 2.44 bits per heavy atom. The van der Waals surface area contributed by atoms with Gasteiger partial charge in [0.25, 0.3) is 5.91 Å². The van der Waals surface area contributed by atoms with E-state index in [4.69, 9.17) is 11.1 Å². The molecule has 1 aromatic carbocycles. The number of carbonyl (C=O) groups excluding carboxylic acids is 1. The maximum Gasteiger partial charge on any atom is 0.433 e. The van der Waals surface area contributed by atoms with Crippen molar-refractivity contribution in [3.05, 3.63) is 66.2 Å². The minimum atomic E-state index is -4.58. The maximum atomic E-state index is 12.7. The van der Waals surface area contributed by atoms with Crippen LogP contribution in [0, 0.1) is 5.41 Å². The molecule has 10 heteroatoms. The fraction of sp³-hybridized carbons (Fsp3) is 0.250. The number of benzene rings is 1. The fourth-order valence-corrected chi connectivity index (χ4v) is 3.81. The number of aromatic nitrogens is 2. The van der Waals surface area contributed by atoms with E-state index in [1.807, 2.05) is 12.3 Å². The second-order valence-corrected chi connectivity index (χ2v) is 8.04. The Balaban J connectivity index is 1.53. The average Bonchev–Trinajstić information content (AvgIpc) is 2.84. The molecule has 34 heavy (non-hydrogen) atoms. The summed E-state index contributed by atoms with van der Waals surface area (Å²) in [7, 11) is 0. The van der Waals surface area contributed by atoms with Gasteiger partial charge in [0.15, 0.2) is 0 Å². The molecule has 1 saturated heterocycles. The summed E-state index contributed by atoms with van der Waals surface area (Å²) >= 11 is 0. The number of piperidine rings is 1. The number of alkyl halides is 3. The molecular weight excluding hydrogens is 445 g/mol. The van der Waals surface area contributed by atoms with Gasteiger partial charge < -0.3 is 16.0 Å². The Kier molecular flexibility index (Phi) is 6.49. The molecule has 1 aliphatic heterocycles. The maximum absolute atomic E-state index is 12.7. The van der Waals surface area contributed by atoms with Crippen molar-refractivity contribution in [1.29, 1.82) is 5.41 Å². The Morgan fingerprint density at radius 2 is 1.76 bits per heavy atom. The fourth-order valence-electron chi connectivity index (χ4n) is 3.81. The smallest absolute Gasteiger partial charge is 0.398 e. The minimum absolute atomic E-state index is 0.0379. The second-order valence-electron chi connectivity index (χ2n) is 8.04. The molecule has 0 bridgehead atoms. The normalized spacial score (nSPS) is 14.0. The third-order valence-electron chi connectivity index (χ3n) is 5.64. The lowest BCUT2D eigenvalue weighted by Crippen LogP contribution is -2.29. The predicted octanol–water partition coefficient (Wildman–Crippen LogP) is 4.74. The molecule has 0 atom stereocenters. The van der Waals surface area contributed by atoms with Crippen LogP contribution in [-0.2, 0) is 11.0 Å². The molecule has 0 aliphatic carbocycles. The number of carbonyl (C=O) groups is 1. The number of nitrogen functional groups attached to an aromatic ring is 1. The summed E-state index contributed by atoms with van der Waals surface area (Å²) in [5.41, 5.74) is 7.60. The van der Waals surface area contributed by atoms with Crippen LogP contribution in [-0.4, -0.2) is 34.7 Å². The number of nitrogens with zero attached hydrogens (tertiary/aromatic N) is 3. The van der Waals surface area contributed by atoms with Crippen molar-refractivity contribution in [2.75, 3.05) is 29.0 Å². The summed E-state index contributed by atoms with van der Waals surface area (Å²) in [4.78, 5) is 22.5. The molecule has 3 aromatic rings. The van der Waals surface area contributed by atoms with Gasteiger partial charge in [0, 0.05) is 36.1 Å². The molecule has 7 nitrogen and oxygen atoms in total. The summed E-state index contributed by atoms with van der Waals surface area (Å²) in [6.45, 7) is 1.95. The molecule has 0 unspecified atom stereocenters. The van der Waals surface area contributed by atoms with Gasteiger partial charge in [-0.1, -0.05) is 6.07 Å². The lowest BCUT2D eigenvalue weighted by molar-refractivity contribution is -0.141. The van der Waals surface area contributed by atoms with Gasteiger partial charge in [0.2, 0.25) is 0 Å². The highest BCUT2D eigenvalue weighted by atomic mass is 19.4. The first-order chi connectivity index (χ1) is 16.2. The molecule has 0 radical (unpaired) electrons. The number of anilines is 3. The first-order valence-corrected chi connectivity index (χ1v) is 10.8. The highest BCUT2D eigenvalue weighted by molar-refractivity contribution is 6.48. The number of halogens is 3. The quantitative estimate of drug-likeness (QED) is 0.370. The number of nitrogens with one attached hydrogen (secondary N) is 2. The van der Waals surface area contributed by atoms with Crippen LogP contribution in [0.15, 0.2) is 55.0 Å². The van der Waals surface area contributed by atoms with E-state index in [-0.39, 0.29) is 16.9 Å². The van der Waals surface area contributed by atoms with Gasteiger partial charge in [-0.25, -0.2) is 4.98 Å². The van der Waals surface area contributed by atoms with Crippen LogP contribution in [0.5, 0.6) is 0 Å². The molecule has 4 rings (SSSR count). The summed E-state index contributed by atoms with van der Waals surface area (Å²) < 4.78 is 38.0. The predicted molar refractivity (Wildman–Crippen MR) is 125 cm³/mol. The minimum Gasteiger partial charge on any atom is -0.398 e. The molecule has 0 spiro atoms. The highest BCUT2D eigenvalue weighted by Gasteiger charge is 2.32. The van der Waals surface area contributed by atoms with Gasteiger partial charge >= 0.3 is 6.18 Å². The van der Waals surface area contributed by atoms with Gasteiger partial charge in [-0.3, -0.25) is 15.2 Å². The zero-order valence-electron chi connectivity index (χ0n) is 18.2. The summed E-state index contributed by atoms with van der Waals surface area (Å²) in [5.74, 6) is -0.814. The van der Waals surface area contributed by atoms with E-state index in [1.54, 1.807) is 24.4 Å². The third kappa shape index (κ3) is 5.16. The average molecular weight is 468 g/mol. The van der Waals surface area contributed by atoms with Crippen molar-refractivity contribution in [3.8, 4) is 11.1 Å². The topological polar surface area (TPSA) is 108 Å². The van der Waals surface area contributed by atoms with Crippen LogP contribution in [0.3, 0.4) is 0 Å². The number of nitrogens with two attached hydrogens (primary N) is 1. The standard InChI is InChI=1S/C24H23F3N6O/c25-24(26,27)21-7-5-17(13-31-21)32-23(34)22(29)19-11-15(4-6-20(19)28)16-10-18(14-30-12-16)33-8-2-1-3-9-33/h4-7,10-14,29H,1-3,8-9,28H2,(H,32,34). The van der Waals surface area contributed by atoms with Crippen molar-refractivity contribution >= 4 is 28.7 Å². The van der Waals surface area contributed by atoms with Crippen molar-refractivity contribution in [3.63, 3.8) is 0 Å². The summed E-state index contributed by atoms with van der Waals surface area (Å²) in [6, 6.07) is 8.90. The van der Waals surface area contributed by atoms with Crippen LogP contribution in [0.4, 0.5) is 30.2 Å². The third-order valence-corrected chi connectivity index (χ3v) is 5.64. The van der Waals surface area contributed by atoms with Crippen LogP contribution < -0.4 is 16.0 Å². The Hall–Kier alpha value is -3.95. The van der Waals surface area contributed by atoms with E-state index in [1.165, 1.54) is 6.42 Å². The monoisotopic (exact) mass is 468 g/mol. The highest BCUT2D eigenvalue weighted by Crippen LogP contribution is 2.29. The first kappa shape index (κ1) is 23.2. The van der Waals surface area contributed by atoms with E-state index in [0.29, 0.717) is 0 Å². The Bertz CT molecular complexity index is 1200. The van der Waals surface area contributed by atoms with Crippen molar-refractivity contribution < 1.29 is 18.0 Å². The zero-order chi connectivity index (χ0) is 24.3. The van der Waals surface area contributed by atoms with E-state index < -0.39 is 23.5 Å². The molecular formula is C24H23F3N6O. The van der Waals surface area contributed by atoms with Gasteiger partial charge in [-0.05, 0) is 55.2 Å². The van der Waals surface area contributed by atoms with Crippen LogP contribution >= 0.6 is 0 Å². The largest absolute Gasteiger partial charge is 0.433 e. The van der Waals surface area contributed by atoms with Crippen molar-refractivity contribution in [2.45, 2.75) is 25.4 Å². The zero-order valence-corrected chi connectivity index (χ0v) is 18.2. The van der Waals surface area contributed by atoms with E-state index in [9.17, 15) is 18.0 Å². The first-order valence-electron chi connectivity index (χ1n) is 10.8. The van der Waals surface area contributed by atoms with E-state index in [0.717, 1.165) is 61.1 Å². The van der Waals surface area contributed by atoms with Gasteiger partial charge in [-0.15, -0.1) is 0 Å². The Morgan fingerprint density at radius 1 is 1.00 bits per heavy atom. The molecule has 1 aliphatic rings. The Labute approximate surface area is 194 Å². The number of hydrogen-bond acceptors (Lipinski definition) is 6. The lowest BCUT2D eigenvalue weighted by atomic mass is 9.99. The van der Waals surface area contributed by atoms with Gasteiger partial charge in [0.05, 0.1) is 23.8 Å². The molecule has 0 saturated carbocycles. The molecule has 1 fully saturated rings. The van der Waals surface area contributed by atoms with Gasteiger partial charge in [0.1, 0.15) is 11.4 Å². The summed E-state index contributed by atoms with van der Waals surface area (Å²) in [5, 5.41) is 10.7. The molecule has 1 amide bonds. The second kappa shape index (κ2) is 9.50. The molecule has 176 valence electrons. The molecule has 2 aromatic heterocycles. The molecule has 4 N–H and O–H groups in total. The van der Waals surface area contributed by atoms with Crippen LogP contribution in [0.25, 0.3) is 11.1 Å². The summed E-state index contributed by atoms with van der Waals surface area (Å²) in [6.07, 6.45) is 3.34.